The highest BCUT2D eigenvalue weighted by molar-refractivity contribution is 5.70. The Labute approximate surface area is 185 Å². The van der Waals surface area contributed by atoms with Crippen LogP contribution in [-0.4, -0.2) is 36.4 Å². The molecule has 0 fully saturated rings. The van der Waals surface area contributed by atoms with Crippen molar-refractivity contribution in [1.29, 1.82) is 0 Å². The molecule has 30 heavy (non-hydrogen) atoms. The molecule has 178 valence electrons. The zero-order valence-electron chi connectivity index (χ0n) is 19.8. The number of carbonyl (C=O) groups is 2. The van der Waals surface area contributed by atoms with Crippen LogP contribution in [0.5, 0.6) is 0 Å². The number of aliphatic hydroxyl groups excluding tert-OH is 1. The summed E-state index contributed by atoms with van der Waals surface area (Å²) in [5.74, 6) is -0.605. The van der Waals surface area contributed by atoms with E-state index in [0.29, 0.717) is 12.8 Å². The summed E-state index contributed by atoms with van der Waals surface area (Å²) in [7, 11) is 0. The molecule has 0 aromatic heterocycles. The molecule has 0 aliphatic carbocycles. The van der Waals surface area contributed by atoms with E-state index in [2.05, 4.69) is 13.8 Å². The minimum Gasteiger partial charge on any atom is -0.462 e. The Balaban J connectivity index is 3.58. The normalized spacial score (nSPS) is 12.0. The van der Waals surface area contributed by atoms with Crippen molar-refractivity contribution in [2.45, 2.75) is 136 Å². The lowest BCUT2D eigenvalue weighted by Gasteiger charge is -2.15. The second kappa shape index (κ2) is 22.6. The van der Waals surface area contributed by atoms with Gasteiger partial charge in [0.25, 0.3) is 0 Å². The Kier molecular flexibility index (Phi) is 21.8. The summed E-state index contributed by atoms with van der Waals surface area (Å²) in [4.78, 5) is 23.6. The highest BCUT2D eigenvalue weighted by atomic mass is 16.6. The van der Waals surface area contributed by atoms with Crippen LogP contribution in [0.3, 0.4) is 0 Å². The van der Waals surface area contributed by atoms with Gasteiger partial charge in [-0.2, -0.15) is 0 Å². The lowest BCUT2D eigenvalue weighted by Crippen LogP contribution is -2.28. The standard InChI is InChI=1S/C25H48O5/c1-3-5-7-9-10-11-12-13-14-16-17-19-24(27)29-22-23(21-26)30-25(28)20-18-15-8-6-4-2/h23,26H,3-22H2,1-2H3/t23-/m0/s1. The first-order valence-corrected chi connectivity index (χ1v) is 12.6. The SMILES string of the molecule is CCCCCCCCCCCCCC(=O)OC[C@H](CO)OC(=O)CCCCCCC. The lowest BCUT2D eigenvalue weighted by atomic mass is 10.1. The molecule has 0 amide bonds. The van der Waals surface area contributed by atoms with Crippen LogP contribution in [0.2, 0.25) is 0 Å². The van der Waals surface area contributed by atoms with Crippen molar-refractivity contribution in [2.75, 3.05) is 13.2 Å². The summed E-state index contributed by atoms with van der Waals surface area (Å²) < 4.78 is 10.4. The first kappa shape index (κ1) is 28.9. The van der Waals surface area contributed by atoms with Crippen LogP contribution in [-0.2, 0) is 19.1 Å². The zero-order chi connectivity index (χ0) is 22.3. The quantitative estimate of drug-likeness (QED) is 0.157. The summed E-state index contributed by atoms with van der Waals surface area (Å²) in [5.41, 5.74) is 0. The number of rotatable bonds is 22. The molecule has 0 aromatic rings. The van der Waals surface area contributed by atoms with Gasteiger partial charge in [-0.3, -0.25) is 9.59 Å². The number of hydrogen-bond donors (Lipinski definition) is 1. The van der Waals surface area contributed by atoms with E-state index in [1.807, 2.05) is 0 Å². The first-order valence-electron chi connectivity index (χ1n) is 12.6. The monoisotopic (exact) mass is 428 g/mol. The maximum Gasteiger partial charge on any atom is 0.306 e. The van der Waals surface area contributed by atoms with Crippen molar-refractivity contribution >= 4 is 11.9 Å². The second-order valence-corrected chi connectivity index (χ2v) is 8.43. The van der Waals surface area contributed by atoms with E-state index < -0.39 is 6.10 Å². The third-order valence-corrected chi connectivity index (χ3v) is 5.40. The summed E-state index contributed by atoms with van der Waals surface area (Å²) >= 11 is 0. The molecular formula is C25H48O5. The van der Waals surface area contributed by atoms with Gasteiger partial charge in [-0.15, -0.1) is 0 Å². The van der Waals surface area contributed by atoms with Gasteiger partial charge >= 0.3 is 11.9 Å². The number of esters is 2. The van der Waals surface area contributed by atoms with Crippen LogP contribution in [0.15, 0.2) is 0 Å². The molecular weight excluding hydrogens is 380 g/mol. The number of aliphatic hydroxyl groups is 1. The van der Waals surface area contributed by atoms with Gasteiger partial charge in [0, 0.05) is 12.8 Å². The third kappa shape index (κ3) is 20.2. The summed E-state index contributed by atoms with van der Waals surface area (Å²) in [5, 5.41) is 9.34. The van der Waals surface area contributed by atoms with Gasteiger partial charge < -0.3 is 14.6 Å². The first-order chi connectivity index (χ1) is 14.6. The molecule has 0 bridgehead atoms. The van der Waals surface area contributed by atoms with E-state index in [-0.39, 0.29) is 25.2 Å². The molecule has 1 atom stereocenters. The molecule has 0 saturated heterocycles. The van der Waals surface area contributed by atoms with E-state index in [0.717, 1.165) is 38.5 Å². The molecule has 0 radical (unpaired) electrons. The average Bonchev–Trinajstić information content (AvgIpc) is 2.74. The van der Waals surface area contributed by atoms with Crippen LogP contribution in [0, 0.1) is 0 Å². The van der Waals surface area contributed by atoms with Crippen molar-refractivity contribution in [1.82, 2.24) is 0 Å². The summed E-state index contributed by atoms with van der Waals surface area (Å²) in [6.45, 7) is 4.01. The zero-order valence-corrected chi connectivity index (χ0v) is 19.8. The van der Waals surface area contributed by atoms with Gasteiger partial charge in [-0.25, -0.2) is 0 Å². The fourth-order valence-corrected chi connectivity index (χ4v) is 3.43. The molecule has 0 spiro atoms. The minimum atomic E-state index is -0.755. The molecule has 0 heterocycles. The fourth-order valence-electron chi connectivity index (χ4n) is 3.43. The van der Waals surface area contributed by atoms with Crippen LogP contribution in [0.25, 0.3) is 0 Å². The molecule has 5 nitrogen and oxygen atoms in total. The van der Waals surface area contributed by atoms with Crippen molar-refractivity contribution in [2.24, 2.45) is 0 Å². The van der Waals surface area contributed by atoms with Crippen LogP contribution >= 0.6 is 0 Å². The van der Waals surface area contributed by atoms with Gasteiger partial charge in [0.05, 0.1) is 6.61 Å². The summed E-state index contributed by atoms with van der Waals surface area (Å²) in [6.07, 6.45) is 18.9. The highest BCUT2D eigenvalue weighted by Gasteiger charge is 2.16. The predicted octanol–water partition coefficient (Wildman–Crippen LogP) is 6.50. The van der Waals surface area contributed by atoms with Crippen molar-refractivity contribution in [3.05, 3.63) is 0 Å². The second-order valence-electron chi connectivity index (χ2n) is 8.43. The smallest absolute Gasteiger partial charge is 0.306 e. The summed E-state index contributed by atoms with van der Waals surface area (Å²) in [6, 6.07) is 0. The average molecular weight is 429 g/mol. The van der Waals surface area contributed by atoms with Gasteiger partial charge in [0.1, 0.15) is 6.61 Å². The van der Waals surface area contributed by atoms with Crippen molar-refractivity contribution < 1.29 is 24.2 Å². The topological polar surface area (TPSA) is 72.8 Å². The highest BCUT2D eigenvalue weighted by Crippen LogP contribution is 2.12. The van der Waals surface area contributed by atoms with E-state index in [9.17, 15) is 14.7 Å². The number of carbonyl (C=O) groups excluding carboxylic acids is 2. The number of ether oxygens (including phenoxy) is 2. The molecule has 1 N–H and O–H groups in total. The van der Waals surface area contributed by atoms with Gasteiger partial charge in [-0.05, 0) is 12.8 Å². The van der Waals surface area contributed by atoms with Crippen LogP contribution in [0.4, 0.5) is 0 Å². The molecule has 0 aliphatic heterocycles. The fraction of sp³-hybridized carbons (Fsp3) is 0.920. The van der Waals surface area contributed by atoms with Gasteiger partial charge in [0.2, 0.25) is 0 Å². The van der Waals surface area contributed by atoms with E-state index in [4.69, 9.17) is 9.47 Å². The molecule has 0 aliphatic rings. The Morgan fingerprint density at radius 1 is 0.633 bits per heavy atom. The lowest BCUT2D eigenvalue weighted by molar-refractivity contribution is -0.161. The van der Waals surface area contributed by atoms with Gasteiger partial charge in [0.15, 0.2) is 6.10 Å². The van der Waals surface area contributed by atoms with E-state index >= 15 is 0 Å². The maximum absolute atomic E-state index is 11.8. The predicted molar refractivity (Wildman–Crippen MR) is 122 cm³/mol. The van der Waals surface area contributed by atoms with Crippen LogP contribution < -0.4 is 0 Å². The van der Waals surface area contributed by atoms with Crippen LogP contribution in [0.1, 0.15) is 129 Å². The Morgan fingerprint density at radius 3 is 1.47 bits per heavy atom. The maximum atomic E-state index is 11.8. The Hall–Kier alpha value is -1.10. The third-order valence-electron chi connectivity index (χ3n) is 5.40. The van der Waals surface area contributed by atoms with Crippen molar-refractivity contribution in [3.8, 4) is 0 Å². The number of unbranched alkanes of at least 4 members (excludes halogenated alkanes) is 14. The molecule has 0 saturated carbocycles. The number of hydrogen-bond acceptors (Lipinski definition) is 5. The molecule has 5 heteroatoms. The molecule has 0 aromatic carbocycles. The van der Waals surface area contributed by atoms with Gasteiger partial charge in [-0.1, -0.05) is 104 Å². The van der Waals surface area contributed by atoms with E-state index in [1.54, 1.807) is 0 Å². The largest absolute Gasteiger partial charge is 0.462 e. The minimum absolute atomic E-state index is 0.0606. The molecule has 0 unspecified atom stereocenters. The van der Waals surface area contributed by atoms with Crippen molar-refractivity contribution in [3.63, 3.8) is 0 Å². The Bertz CT molecular complexity index is 397. The molecule has 0 rings (SSSR count). The van der Waals surface area contributed by atoms with E-state index in [1.165, 1.54) is 64.2 Å². The Morgan fingerprint density at radius 2 is 1.03 bits per heavy atom.